The molecule has 0 atom stereocenters. The molecule has 0 bridgehead atoms. The molecule has 0 spiro atoms. The van der Waals surface area contributed by atoms with Crippen LogP contribution in [-0.2, 0) is 0 Å². The van der Waals surface area contributed by atoms with Gasteiger partial charge in [-0.15, -0.1) is 8.78 Å². The number of hydrogen-bond donors (Lipinski definition) is 2. The predicted molar refractivity (Wildman–Crippen MR) is 98.4 cm³/mol. The maximum absolute atomic E-state index is 13.1. The van der Waals surface area contributed by atoms with Gasteiger partial charge in [0, 0.05) is 23.0 Å². The lowest BCUT2D eigenvalue weighted by atomic mass is 10.1. The monoisotopic (exact) mass is 400 g/mol. The van der Waals surface area contributed by atoms with Crippen LogP contribution in [0.2, 0.25) is 0 Å². The number of halogens is 2. The molecule has 0 radical (unpaired) electrons. The summed E-state index contributed by atoms with van der Waals surface area (Å²) in [7, 11) is 0. The summed E-state index contributed by atoms with van der Waals surface area (Å²) in [5.74, 6) is -1.11. The van der Waals surface area contributed by atoms with E-state index in [-0.39, 0.29) is 28.5 Å². The summed E-state index contributed by atoms with van der Waals surface area (Å²) < 4.78 is 40.0. The first-order valence-electron chi connectivity index (χ1n) is 8.47. The lowest BCUT2D eigenvalue weighted by molar-refractivity contribution is -0.286. The van der Waals surface area contributed by atoms with E-state index in [1.54, 1.807) is 25.1 Å². The summed E-state index contributed by atoms with van der Waals surface area (Å²) in [6.45, 7) is 1.78. The lowest BCUT2D eigenvalue weighted by Crippen LogP contribution is -2.25. The summed E-state index contributed by atoms with van der Waals surface area (Å²) in [4.78, 5) is 24.7. The molecule has 2 amide bonds. The smallest absolute Gasteiger partial charge is 0.459 e. The second-order valence-corrected chi connectivity index (χ2v) is 6.24. The fourth-order valence-corrected chi connectivity index (χ4v) is 2.72. The first-order valence-corrected chi connectivity index (χ1v) is 8.47. The summed E-state index contributed by atoms with van der Waals surface area (Å²) in [5, 5.41) is 5.27. The first kappa shape index (κ1) is 18.5. The molecule has 0 aliphatic carbocycles. The first-order chi connectivity index (χ1) is 13.8. The summed E-state index contributed by atoms with van der Waals surface area (Å²) >= 11 is 0. The Hall–Kier alpha value is -3.88. The molecule has 0 fully saturated rings. The Morgan fingerprint density at radius 1 is 0.931 bits per heavy atom. The number of nitrogens with one attached hydrogen (secondary N) is 2. The molecule has 1 aromatic heterocycles. The van der Waals surface area contributed by atoms with Crippen molar-refractivity contribution in [3.8, 4) is 11.5 Å². The van der Waals surface area contributed by atoms with Crippen molar-refractivity contribution < 1.29 is 32.3 Å². The largest absolute Gasteiger partial charge is 0.586 e. The zero-order chi connectivity index (χ0) is 20.6. The number of ether oxygens (including phenoxy) is 2. The van der Waals surface area contributed by atoms with Gasteiger partial charge in [0.15, 0.2) is 17.3 Å². The van der Waals surface area contributed by atoms with Crippen LogP contribution in [0.1, 0.15) is 26.5 Å². The van der Waals surface area contributed by atoms with Gasteiger partial charge in [0.1, 0.15) is 0 Å². The van der Waals surface area contributed by atoms with Crippen LogP contribution in [0, 0.1) is 6.92 Å². The Morgan fingerprint density at radius 3 is 2.48 bits per heavy atom. The number of fused-ring (bicyclic) bond motifs is 1. The second-order valence-electron chi connectivity index (χ2n) is 6.24. The van der Waals surface area contributed by atoms with Crippen LogP contribution in [0.4, 0.5) is 20.2 Å². The Morgan fingerprint density at radius 2 is 1.72 bits per heavy atom. The minimum absolute atomic E-state index is 0.119. The average molecular weight is 400 g/mol. The quantitative estimate of drug-likeness (QED) is 0.677. The van der Waals surface area contributed by atoms with E-state index in [1.165, 1.54) is 36.6 Å². The van der Waals surface area contributed by atoms with Crippen LogP contribution in [0.3, 0.4) is 0 Å². The van der Waals surface area contributed by atoms with Crippen molar-refractivity contribution >= 4 is 23.2 Å². The number of amides is 2. The van der Waals surface area contributed by atoms with Gasteiger partial charge >= 0.3 is 6.29 Å². The number of benzene rings is 2. The third-order valence-corrected chi connectivity index (χ3v) is 4.15. The van der Waals surface area contributed by atoms with E-state index < -0.39 is 18.1 Å². The molecule has 2 N–H and O–H groups in total. The molecule has 1 aliphatic heterocycles. The van der Waals surface area contributed by atoms with Crippen LogP contribution < -0.4 is 20.1 Å². The third kappa shape index (κ3) is 3.88. The molecule has 2 aromatic carbocycles. The highest BCUT2D eigenvalue weighted by atomic mass is 19.3. The van der Waals surface area contributed by atoms with Crippen molar-refractivity contribution in [2.75, 3.05) is 10.6 Å². The highest BCUT2D eigenvalue weighted by molar-refractivity contribution is 6.07. The Labute approximate surface area is 163 Å². The maximum atomic E-state index is 13.1. The van der Waals surface area contributed by atoms with Gasteiger partial charge in [-0.05, 0) is 48.9 Å². The normalized spacial score (nSPS) is 13.8. The van der Waals surface area contributed by atoms with Gasteiger partial charge in [-0.2, -0.15) is 0 Å². The van der Waals surface area contributed by atoms with E-state index >= 15 is 0 Å². The fraction of sp³-hybridized carbons (Fsp3) is 0.100. The fourth-order valence-electron chi connectivity index (χ4n) is 2.72. The van der Waals surface area contributed by atoms with Crippen LogP contribution in [0.5, 0.6) is 11.5 Å². The molecular formula is C20H14F2N2O5. The number of carbonyl (C=O) groups is 2. The third-order valence-electron chi connectivity index (χ3n) is 4.15. The zero-order valence-electron chi connectivity index (χ0n) is 15.0. The summed E-state index contributed by atoms with van der Waals surface area (Å²) in [5.41, 5.74) is 1.68. The number of aryl methyl sites for hydroxylation is 1. The lowest BCUT2D eigenvalue weighted by Gasteiger charge is -2.11. The van der Waals surface area contributed by atoms with Crippen molar-refractivity contribution in [1.29, 1.82) is 0 Å². The molecule has 2 heterocycles. The van der Waals surface area contributed by atoms with Crippen molar-refractivity contribution in [1.82, 2.24) is 0 Å². The van der Waals surface area contributed by atoms with Crippen molar-refractivity contribution in [2.24, 2.45) is 0 Å². The van der Waals surface area contributed by atoms with Crippen molar-refractivity contribution in [3.05, 3.63) is 71.7 Å². The molecule has 0 saturated heterocycles. The summed E-state index contributed by atoms with van der Waals surface area (Å²) in [6.07, 6.45) is -2.35. The Kier molecular flexibility index (Phi) is 4.42. The van der Waals surface area contributed by atoms with Gasteiger partial charge in [0.25, 0.3) is 11.8 Å². The minimum Gasteiger partial charge on any atom is -0.459 e. The maximum Gasteiger partial charge on any atom is 0.586 e. The molecule has 3 aromatic rings. The molecular weight excluding hydrogens is 386 g/mol. The summed E-state index contributed by atoms with van der Waals surface area (Å²) in [6, 6.07) is 11.8. The van der Waals surface area contributed by atoms with Crippen LogP contribution in [-0.4, -0.2) is 18.1 Å². The zero-order valence-corrected chi connectivity index (χ0v) is 15.0. The molecule has 0 unspecified atom stereocenters. The number of hydrogen-bond acceptors (Lipinski definition) is 5. The SMILES string of the molecule is Cc1ccc(C(=O)Nc2ccc3c(c2)OC(F)(F)O3)cc1NC(=O)c1ccco1. The second kappa shape index (κ2) is 6.93. The number of rotatable bonds is 4. The van der Waals surface area contributed by atoms with Crippen LogP contribution >= 0.6 is 0 Å². The minimum atomic E-state index is -3.73. The van der Waals surface area contributed by atoms with E-state index in [0.29, 0.717) is 5.69 Å². The van der Waals surface area contributed by atoms with Crippen LogP contribution in [0.25, 0.3) is 0 Å². The Balaban J connectivity index is 1.50. The molecule has 29 heavy (non-hydrogen) atoms. The van der Waals surface area contributed by atoms with Gasteiger partial charge < -0.3 is 24.5 Å². The van der Waals surface area contributed by atoms with Gasteiger partial charge in [-0.25, -0.2) is 0 Å². The molecule has 148 valence electrons. The van der Waals surface area contributed by atoms with Gasteiger partial charge in [-0.3, -0.25) is 9.59 Å². The van der Waals surface area contributed by atoms with E-state index in [0.717, 1.165) is 5.56 Å². The number of alkyl halides is 2. The number of carbonyl (C=O) groups excluding carboxylic acids is 2. The van der Waals surface area contributed by atoms with Gasteiger partial charge in [0.2, 0.25) is 0 Å². The molecule has 9 heteroatoms. The van der Waals surface area contributed by atoms with Gasteiger partial charge in [-0.1, -0.05) is 6.07 Å². The van der Waals surface area contributed by atoms with Crippen molar-refractivity contribution in [3.63, 3.8) is 0 Å². The standard InChI is InChI=1S/C20H14F2N2O5/c1-11-4-5-12(9-14(11)24-19(26)16-3-2-8-27-16)18(25)23-13-6-7-15-17(10-13)29-20(21,22)28-15/h2-10H,1H3,(H,23,25)(H,24,26). The molecule has 4 rings (SSSR count). The molecule has 7 nitrogen and oxygen atoms in total. The predicted octanol–water partition coefficient (Wildman–Crippen LogP) is 4.41. The highest BCUT2D eigenvalue weighted by Crippen LogP contribution is 2.42. The van der Waals surface area contributed by atoms with Crippen molar-refractivity contribution in [2.45, 2.75) is 13.2 Å². The van der Waals surface area contributed by atoms with Crippen LogP contribution in [0.15, 0.2) is 59.2 Å². The molecule has 0 saturated carbocycles. The Bertz CT molecular complexity index is 1100. The number of anilines is 2. The molecule has 1 aliphatic rings. The highest BCUT2D eigenvalue weighted by Gasteiger charge is 2.43. The average Bonchev–Trinajstić information content (AvgIpc) is 3.29. The van der Waals surface area contributed by atoms with Gasteiger partial charge in [0.05, 0.1) is 6.26 Å². The topological polar surface area (TPSA) is 89.8 Å². The number of furan rings is 1. The van der Waals surface area contributed by atoms with E-state index in [2.05, 4.69) is 20.1 Å². The van der Waals surface area contributed by atoms with E-state index in [1.807, 2.05) is 0 Å². The van der Waals surface area contributed by atoms with E-state index in [9.17, 15) is 18.4 Å². The van der Waals surface area contributed by atoms with E-state index in [4.69, 9.17) is 4.42 Å².